The molecule has 2 heterocycles. The molecule has 5 nitrogen and oxygen atoms in total. The molecule has 0 spiro atoms. The van der Waals surface area contributed by atoms with Crippen LogP contribution in [0.15, 0.2) is 60.7 Å². The van der Waals surface area contributed by atoms with E-state index < -0.39 is 0 Å². The van der Waals surface area contributed by atoms with Crippen molar-refractivity contribution in [2.45, 2.75) is 26.3 Å². The number of aromatic nitrogens is 2. The maximum Gasteiger partial charge on any atom is 0.278 e. The van der Waals surface area contributed by atoms with Gasteiger partial charge >= 0.3 is 0 Å². The molecule has 0 aliphatic carbocycles. The second-order valence-electron chi connectivity index (χ2n) is 6.77. The predicted molar refractivity (Wildman–Crippen MR) is 107 cm³/mol. The molecule has 1 amide bonds. The molecule has 0 fully saturated rings. The van der Waals surface area contributed by atoms with Crippen molar-refractivity contribution < 1.29 is 4.79 Å². The monoisotopic (exact) mass is 358 g/mol. The van der Waals surface area contributed by atoms with Gasteiger partial charge in [0.2, 0.25) is 0 Å². The average Bonchev–Trinajstić information content (AvgIpc) is 2.73. The van der Waals surface area contributed by atoms with Crippen molar-refractivity contribution in [1.29, 1.82) is 0 Å². The van der Waals surface area contributed by atoms with E-state index in [4.69, 9.17) is 0 Å². The van der Waals surface area contributed by atoms with Gasteiger partial charge < -0.3 is 10.2 Å². The Hall–Kier alpha value is -3.21. The third-order valence-corrected chi connectivity index (χ3v) is 4.96. The highest BCUT2D eigenvalue weighted by molar-refractivity contribution is 6.05. The number of nitrogens with one attached hydrogen (secondary N) is 1. The fourth-order valence-corrected chi connectivity index (χ4v) is 3.42. The summed E-state index contributed by atoms with van der Waals surface area (Å²) in [5.41, 5.74) is 5.00. The first kappa shape index (κ1) is 17.2. The summed E-state index contributed by atoms with van der Waals surface area (Å²) in [5, 5.41) is 11.6. The molecule has 2 aromatic carbocycles. The number of para-hydroxylation sites is 1. The standard InChI is InChI=1S/C22H22N4O/c1-16-7-2-3-9-18(16)15-23-21-13-12-19(24-25-21)22(27)26-14-6-10-17-8-4-5-11-20(17)26/h2-5,7-9,11-13H,6,10,14-15H2,1H3,(H,23,25). The lowest BCUT2D eigenvalue weighted by Crippen LogP contribution is -2.36. The van der Waals surface area contributed by atoms with Crippen molar-refractivity contribution in [3.05, 3.63) is 83.0 Å². The number of aryl methyl sites for hydroxylation is 2. The van der Waals surface area contributed by atoms with Crippen LogP contribution in [-0.4, -0.2) is 22.6 Å². The number of fused-ring (bicyclic) bond motifs is 1. The number of hydrogen-bond acceptors (Lipinski definition) is 4. The van der Waals surface area contributed by atoms with Gasteiger partial charge in [0.1, 0.15) is 5.82 Å². The van der Waals surface area contributed by atoms with E-state index in [1.54, 1.807) is 6.07 Å². The first-order valence-electron chi connectivity index (χ1n) is 9.24. The lowest BCUT2D eigenvalue weighted by molar-refractivity contribution is 0.0979. The number of amides is 1. The van der Waals surface area contributed by atoms with Crippen LogP contribution >= 0.6 is 0 Å². The van der Waals surface area contributed by atoms with Crippen LogP contribution < -0.4 is 10.2 Å². The summed E-state index contributed by atoms with van der Waals surface area (Å²) < 4.78 is 0. The first-order valence-corrected chi connectivity index (χ1v) is 9.24. The number of nitrogens with zero attached hydrogens (tertiary/aromatic N) is 3. The number of hydrogen-bond donors (Lipinski definition) is 1. The molecule has 0 bridgehead atoms. The van der Waals surface area contributed by atoms with Crippen LogP contribution in [0.3, 0.4) is 0 Å². The number of rotatable bonds is 4. The zero-order chi connectivity index (χ0) is 18.6. The highest BCUT2D eigenvalue weighted by Crippen LogP contribution is 2.27. The predicted octanol–water partition coefficient (Wildman–Crippen LogP) is 3.99. The molecule has 27 heavy (non-hydrogen) atoms. The fourth-order valence-electron chi connectivity index (χ4n) is 3.42. The Labute approximate surface area is 159 Å². The SMILES string of the molecule is Cc1ccccc1CNc1ccc(C(=O)N2CCCc3ccccc32)nn1. The van der Waals surface area contributed by atoms with E-state index in [1.807, 2.05) is 41.3 Å². The zero-order valence-electron chi connectivity index (χ0n) is 15.4. The summed E-state index contributed by atoms with van der Waals surface area (Å²) in [6.07, 6.45) is 1.97. The van der Waals surface area contributed by atoms with Crippen molar-refractivity contribution in [1.82, 2.24) is 10.2 Å². The number of carbonyl (C=O) groups is 1. The van der Waals surface area contributed by atoms with Gasteiger partial charge in [-0.15, -0.1) is 10.2 Å². The maximum absolute atomic E-state index is 12.9. The van der Waals surface area contributed by atoms with E-state index in [9.17, 15) is 4.79 Å². The van der Waals surface area contributed by atoms with E-state index >= 15 is 0 Å². The average molecular weight is 358 g/mol. The van der Waals surface area contributed by atoms with Crippen LogP contribution in [0.4, 0.5) is 11.5 Å². The molecule has 1 aromatic heterocycles. The zero-order valence-corrected chi connectivity index (χ0v) is 15.4. The van der Waals surface area contributed by atoms with Crippen molar-refractivity contribution in [2.24, 2.45) is 0 Å². The molecule has 0 unspecified atom stereocenters. The molecule has 4 rings (SSSR count). The molecule has 1 N–H and O–H groups in total. The van der Waals surface area contributed by atoms with Gasteiger partial charge in [-0.05, 0) is 54.7 Å². The van der Waals surface area contributed by atoms with Crippen LogP contribution in [-0.2, 0) is 13.0 Å². The molecule has 0 saturated carbocycles. The summed E-state index contributed by atoms with van der Waals surface area (Å²) >= 11 is 0. The van der Waals surface area contributed by atoms with Crippen molar-refractivity contribution in [2.75, 3.05) is 16.8 Å². The Bertz CT molecular complexity index is 953. The van der Waals surface area contributed by atoms with Crippen LogP contribution in [0.5, 0.6) is 0 Å². The summed E-state index contributed by atoms with van der Waals surface area (Å²) in [5.74, 6) is 0.564. The number of carbonyl (C=O) groups excluding carboxylic acids is 1. The second kappa shape index (κ2) is 7.58. The van der Waals surface area contributed by atoms with E-state index in [0.29, 0.717) is 24.6 Å². The molecule has 136 valence electrons. The van der Waals surface area contributed by atoms with E-state index in [1.165, 1.54) is 16.7 Å². The third kappa shape index (κ3) is 3.67. The van der Waals surface area contributed by atoms with Crippen molar-refractivity contribution in [3.8, 4) is 0 Å². The maximum atomic E-state index is 12.9. The molecule has 1 aliphatic rings. The van der Waals surface area contributed by atoms with Gasteiger partial charge in [0, 0.05) is 18.8 Å². The highest BCUT2D eigenvalue weighted by Gasteiger charge is 2.24. The second-order valence-corrected chi connectivity index (χ2v) is 6.77. The van der Waals surface area contributed by atoms with Gasteiger partial charge in [-0.2, -0.15) is 0 Å². The normalized spacial score (nSPS) is 13.1. The molecule has 0 saturated heterocycles. The summed E-state index contributed by atoms with van der Waals surface area (Å²) in [6, 6.07) is 19.8. The van der Waals surface area contributed by atoms with Gasteiger partial charge in [0.25, 0.3) is 5.91 Å². The topological polar surface area (TPSA) is 58.1 Å². The Kier molecular flexibility index (Phi) is 4.83. The molecule has 0 atom stereocenters. The Morgan fingerprint density at radius 1 is 1.04 bits per heavy atom. The molecule has 5 heteroatoms. The van der Waals surface area contributed by atoms with Gasteiger partial charge in [-0.1, -0.05) is 42.5 Å². The first-order chi connectivity index (χ1) is 13.2. The number of anilines is 2. The number of benzene rings is 2. The minimum absolute atomic E-state index is 0.0971. The van der Waals surface area contributed by atoms with Gasteiger partial charge in [0.15, 0.2) is 5.69 Å². The smallest absolute Gasteiger partial charge is 0.278 e. The fraction of sp³-hybridized carbons (Fsp3) is 0.227. The summed E-state index contributed by atoms with van der Waals surface area (Å²) in [4.78, 5) is 14.7. The quantitative estimate of drug-likeness (QED) is 0.766. The van der Waals surface area contributed by atoms with Crippen LogP contribution in [0, 0.1) is 6.92 Å². The third-order valence-electron chi connectivity index (χ3n) is 4.96. The molecular weight excluding hydrogens is 336 g/mol. The Balaban J connectivity index is 1.46. The van der Waals surface area contributed by atoms with E-state index in [2.05, 4.69) is 40.6 Å². The summed E-state index contributed by atoms with van der Waals surface area (Å²) in [6.45, 7) is 3.47. The van der Waals surface area contributed by atoms with Crippen LogP contribution in [0.25, 0.3) is 0 Å². The van der Waals surface area contributed by atoms with Crippen molar-refractivity contribution in [3.63, 3.8) is 0 Å². The minimum Gasteiger partial charge on any atom is -0.364 e. The largest absolute Gasteiger partial charge is 0.364 e. The lowest BCUT2D eigenvalue weighted by Gasteiger charge is -2.29. The van der Waals surface area contributed by atoms with Crippen molar-refractivity contribution >= 4 is 17.4 Å². The summed E-state index contributed by atoms with van der Waals surface area (Å²) in [7, 11) is 0. The van der Waals surface area contributed by atoms with Gasteiger partial charge in [-0.3, -0.25) is 4.79 Å². The molecule has 3 aromatic rings. The minimum atomic E-state index is -0.0971. The van der Waals surface area contributed by atoms with E-state index in [-0.39, 0.29) is 5.91 Å². The highest BCUT2D eigenvalue weighted by atomic mass is 16.2. The van der Waals surface area contributed by atoms with Crippen LogP contribution in [0.2, 0.25) is 0 Å². The molecular formula is C22H22N4O. The van der Waals surface area contributed by atoms with Gasteiger partial charge in [0.05, 0.1) is 0 Å². The van der Waals surface area contributed by atoms with Gasteiger partial charge in [-0.25, -0.2) is 0 Å². The van der Waals surface area contributed by atoms with E-state index in [0.717, 1.165) is 18.5 Å². The van der Waals surface area contributed by atoms with Crippen LogP contribution in [0.1, 0.15) is 33.6 Å². The lowest BCUT2D eigenvalue weighted by atomic mass is 10.0. The molecule has 1 aliphatic heterocycles. The Morgan fingerprint density at radius 3 is 2.67 bits per heavy atom. The molecule has 0 radical (unpaired) electrons. The Morgan fingerprint density at radius 2 is 1.85 bits per heavy atom.